The van der Waals surface area contributed by atoms with Gasteiger partial charge < -0.3 is 5.11 Å². The summed E-state index contributed by atoms with van der Waals surface area (Å²) in [5.41, 5.74) is 3.07. The maximum absolute atomic E-state index is 11.0. The number of nitrogens with zero attached hydrogens (tertiary/aromatic N) is 3. The van der Waals surface area contributed by atoms with Crippen LogP contribution in [-0.4, -0.2) is 26.5 Å². The van der Waals surface area contributed by atoms with E-state index >= 15 is 0 Å². The Bertz CT molecular complexity index is 683. The molecule has 8 heteroatoms. The zero-order valence-electron chi connectivity index (χ0n) is 9.88. The second kappa shape index (κ2) is 5.61. The molecular formula is C11H10BrN5O2. The largest absolute Gasteiger partial charge is 0.507 e. The molecule has 7 nitrogen and oxygen atoms in total. The van der Waals surface area contributed by atoms with E-state index in [4.69, 9.17) is 0 Å². The van der Waals surface area contributed by atoms with Crippen molar-refractivity contribution < 1.29 is 5.11 Å². The summed E-state index contributed by atoms with van der Waals surface area (Å²) in [7, 11) is 0. The van der Waals surface area contributed by atoms with E-state index in [1.54, 1.807) is 25.1 Å². The van der Waals surface area contributed by atoms with E-state index in [-0.39, 0.29) is 11.6 Å². The third-order valence-electron chi connectivity index (χ3n) is 2.24. The first-order valence-corrected chi connectivity index (χ1v) is 6.06. The van der Waals surface area contributed by atoms with Crippen LogP contribution in [0.3, 0.4) is 0 Å². The van der Waals surface area contributed by atoms with Gasteiger partial charge in [0.2, 0.25) is 0 Å². The molecule has 0 amide bonds. The molecular weight excluding hydrogens is 314 g/mol. The van der Waals surface area contributed by atoms with Crippen LogP contribution in [0.15, 0.2) is 32.6 Å². The van der Waals surface area contributed by atoms with Crippen LogP contribution in [0.5, 0.6) is 5.75 Å². The number of hydrogen-bond donors (Lipinski definition) is 3. The first kappa shape index (κ1) is 13.2. The number of phenolic OH excluding ortho intramolecular Hbond substituents is 1. The van der Waals surface area contributed by atoms with Gasteiger partial charge in [-0.15, -0.1) is 0 Å². The minimum absolute atomic E-state index is 0.0995. The number of aromatic nitrogens is 3. The van der Waals surface area contributed by atoms with Gasteiger partial charge in [0.05, 0.1) is 6.21 Å². The van der Waals surface area contributed by atoms with E-state index in [9.17, 15) is 9.90 Å². The minimum Gasteiger partial charge on any atom is -0.507 e. The summed E-state index contributed by atoms with van der Waals surface area (Å²) in [6, 6.07) is 4.97. The Morgan fingerprint density at radius 2 is 2.32 bits per heavy atom. The Labute approximate surface area is 116 Å². The first-order valence-electron chi connectivity index (χ1n) is 5.27. The quantitative estimate of drug-likeness (QED) is 0.585. The van der Waals surface area contributed by atoms with E-state index in [2.05, 4.69) is 41.6 Å². The predicted octanol–water partition coefficient (Wildman–Crippen LogP) is 1.39. The molecule has 3 N–H and O–H groups in total. The fraction of sp³-hybridized carbons (Fsp3) is 0.0909. The van der Waals surface area contributed by atoms with Crippen molar-refractivity contribution in [2.45, 2.75) is 6.92 Å². The highest BCUT2D eigenvalue weighted by Gasteiger charge is 2.01. The second-order valence-corrected chi connectivity index (χ2v) is 4.56. The molecule has 0 fully saturated rings. The Balaban J connectivity index is 2.18. The van der Waals surface area contributed by atoms with Crippen LogP contribution < -0.4 is 11.1 Å². The number of halogens is 1. The van der Waals surface area contributed by atoms with Gasteiger partial charge in [0.1, 0.15) is 11.4 Å². The number of benzene rings is 1. The number of aryl methyl sites for hydroxylation is 1. The zero-order valence-corrected chi connectivity index (χ0v) is 11.5. The Morgan fingerprint density at radius 1 is 1.53 bits per heavy atom. The van der Waals surface area contributed by atoms with Gasteiger partial charge in [-0.05, 0) is 25.1 Å². The van der Waals surface area contributed by atoms with Gasteiger partial charge in [0, 0.05) is 10.0 Å². The van der Waals surface area contributed by atoms with Crippen LogP contribution in [0.4, 0.5) is 5.82 Å². The molecule has 0 unspecified atom stereocenters. The standard InChI is InChI=1S/C11H10BrN5O2/c1-6-10(14-11(19)17-15-6)16-13-5-7-4-8(12)2-3-9(7)18/h2-5,18H,1H3,(H2,14,16,17,19). The number of phenols is 1. The van der Waals surface area contributed by atoms with Crippen molar-refractivity contribution in [2.24, 2.45) is 5.10 Å². The van der Waals surface area contributed by atoms with Gasteiger partial charge in [-0.3, -0.25) is 5.43 Å². The normalized spacial score (nSPS) is 10.8. The minimum atomic E-state index is -0.561. The molecule has 1 aromatic carbocycles. The zero-order chi connectivity index (χ0) is 13.8. The molecule has 0 bridgehead atoms. The van der Waals surface area contributed by atoms with Crippen molar-refractivity contribution in [1.29, 1.82) is 0 Å². The SMILES string of the molecule is Cc1n[nH]c(=O)nc1NN=Cc1cc(Br)ccc1O. The van der Waals surface area contributed by atoms with Crippen molar-refractivity contribution in [3.05, 3.63) is 44.4 Å². The van der Waals surface area contributed by atoms with Crippen molar-refractivity contribution in [1.82, 2.24) is 15.2 Å². The topological polar surface area (TPSA) is 103 Å². The van der Waals surface area contributed by atoms with Crippen LogP contribution >= 0.6 is 15.9 Å². The molecule has 0 atom stereocenters. The van der Waals surface area contributed by atoms with Gasteiger partial charge in [-0.1, -0.05) is 15.9 Å². The summed E-state index contributed by atoms with van der Waals surface area (Å²) in [5, 5.41) is 19.5. The molecule has 1 aromatic heterocycles. The third-order valence-corrected chi connectivity index (χ3v) is 2.73. The highest BCUT2D eigenvalue weighted by Crippen LogP contribution is 2.20. The fourth-order valence-electron chi connectivity index (χ4n) is 1.29. The molecule has 0 saturated heterocycles. The molecule has 1 heterocycles. The molecule has 0 aliphatic heterocycles. The smallest absolute Gasteiger partial charge is 0.363 e. The van der Waals surface area contributed by atoms with E-state index in [0.717, 1.165) is 4.47 Å². The molecule has 0 spiro atoms. The number of anilines is 1. The average Bonchev–Trinajstić information content (AvgIpc) is 2.38. The Kier molecular flexibility index (Phi) is 3.91. The van der Waals surface area contributed by atoms with Gasteiger partial charge in [-0.2, -0.15) is 15.2 Å². The van der Waals surface area contributed by atoms with Crippen LogP contribution in [0.1, 0.15) is 11.3 Å². The first-order chi connectivity index (χ1) is 9.06. The summed E-state index contributed by atoms with van der Waals surface area (Å²) < 4.78 is 0.818. The lowest BCUT2D eigenvalue weighted by Gasteiger charge is -2.01. The summed E-state index contributed by atoms with van der Waals surface area (Å²) in [6.07, 6.45) is 1.42. The van der Waals surface area contributed by atoms with Crippen LogP contribution in [0.25, 0.3) is 0 Å². The fourth-order valence-corrected chi connectivity index (χ4v) is 1.67. The average molecular weight is 324 g/mol. The van der Waals surface area contributed by atoms with Gasteiger partial charge in [0.25, 0.3) is 0 Å². The molecule has 98 valence electrons. The number of H-pyrrole nitrogens is 1. The molecule has 2 aromatic rings. The number of hydrogen-bond acceptors (Lipinski definition) is 6. The van der Waals surface area contributed by atoms with E-state index in [1.165, 1.54) is 6.21 Å². The van der Waals surface area contributed by atoms with Crippen LogP contribution in [-0.2, 0) is 0 Å². The number of aromatic amines is 1. The molecule has 0 aliphatic carbocycles. The van der Waals surface area contributed by atoms with Gasteiger partial charge >= 0.3 is 5.69 Å². The molecule has 19 heavy (non-hydrogen) atoms. The van der Waals surface area contributed by atoms with E-state index in [1.807, 2.05) is 0 Å². The van der Waals surface area contributed by atoms with Crippen molar-refractivity contribution in [3.63, 3.8) is 0 Å². The van der Waals surface area contributed by atoms with Crippen LogP contribution in [0.2, 0.25) is 0 Å². The summed E-state index contributed by atoms with van der Waals surface area (Å²) in [4.78, 5) is 14.7. The highest BCUT2D eigenvalue weighted by molar-refractivity contribution is 9.10. The number of aromatic hydroxyl groups is 1. The van der Waals surface area contributed by atoms with Crippen molar-refractivity contribution in [3.8, 4) is 5.75 Å². The highest BCUT2D eigenvalue weighted by atomic mass is 79.9. The van der Waals surface area contributed by atoms with Gasteiger partial charge in [0.15, 0.2) is 5.82 Å². The summed E-state index contributed by atoms with van der Waals surface area (Å²) in [6.45, 7) is 1.68. The lowest BCUT2D eigenvalue weighted by molar-refractivity contribution is 0.474. The van der Waals surface area contributed by atoms with E-state index < -0.39 is 5.69 Å². The maximum Gasteiger partial charge on any atom is 0.363 e. The third kappa shape index (κ3) is 3.38. The van der Waals surface area contributed by atoms with Crippen molar-refractivity contribution >= 4 is 28.0 Å². The summed E-state index contributed by atoms with van der Waals surface area (Å²) >= 11 is 3.29. The number of hydrazone groups is 1. The second-order valence-electron chi connectivity index (χ2n) is 3.65. The van der Waals surface area contributed by atoms with Crippen LogP contribution in [0, 0.1) is 6.92 Å². The maximum atomic E-state index is 11.0. The monoisotopic (exact) mass is 323 g/mol. The van der Waals surface area contributed by atoms with Gasteiger partial charge in [-0.25, -0.2) is 9.89 Å². The molecule has 0 saturated carbocycles. The lowest BCUT2D eigenvalue weighted by Crippen LogP contribution is -2.15. The Hall–Kier alpha value is -2.22. The molecule has 2 rings (SSSR count). The molecule has 0 aliphatic rings. The number of nitrogens with one attached hydrogen (secondary N) is 2. The Morgan fingerprint density at radius 3 is 3.11 bits per heavy atom. The van der Waals surface area contributed by atoms with Crippen molar-refractivity contribution in [2.75, 3.05) is 5.43 Å². The van der Waals surface area contributed by atoms with E-state index in [0.29, 0.717) is 11.3 Å². The molecule has 0 radical (unpaired) electrons. The summed E-state index contributed by atoms with van der Waals surface area (Å²) in [5.74, 6) is 0.358. The number of rotatable bonds is 3. The lowest BCUT2D eigenvalue weighted by atomic mass is 10.2. The predicted molar refractivity (Wildman–Crippen MR) is 74.4 cm³/mol.